The molecule has 2 aromatic carbocycles. The Morgan fingerprint density at radius 1 is 1.17 bits per heavy atom. The first-order valence-corrected chi connectivity index (χ1v) is 13.0. The topological polar surface area (TPSA) is 64.6 Å². The molecule has 2 aliphatic rings. The van der Waals surface area contributed by atoms with E-state index in [4.69, 9.17) is 9.47 Å². The van der Waals surface area contributed by atoms with Crippen molar-refractivity contribution in [3.63, 3.8) is 0 Å². The Kier molecular flexibility index (Phi) is 6.08. The second-order valence-electron chi connectivity index (χ2n) is 11.2. The van der Waals surface area contributed by atoms with Crippen LogP contribution in [-0.4, -0.2) is 39.9 Å². The number of benzene rings is 2. The van der Waals surface area contributed by atoms with E-state index in [-0.39, 0.29) is 16.7 Å². The van der Waals surface area contributed by atoms with Crippen LogP contribution in [0.25, 0.3) is 0 Å². The van der Waals surface area contributed by atoms with Gasteiger partial charge in [-0.05, 0) is 72.4 Å². The molecule has 0 spiro atoms. The van der Waals surface area contributed by atoms with Gasteiger partial charge in [-0.2, -0.15) is 9.36 Å². The van der Waals surface area contributed by atoms with E-state index in [1.165, 1.54) is 11.5 Å². The lowest BCUT2D eigenvalue weighted by molar-refractivity contribution is 0.0708. The molecular formula is C28H33N3O3S. The highest BCUT2D eigenvalue weighted by Crippen LogP contribution is 2.52. The molecule has 1 aliphatic carbocycles. The molecule has 1 aromatic heterocycles. The number of amides is 1. The number of ether oxygens (including phenoxy) is 2. The summed E-state index contributed by atoms with van der Waals surface area (Å²) in [5, 5.41) is 0.474. The number of rotatable bonds is 6. The fourth-order valence-corrected chi connectivity index (χ4v) is 6.68. The van der Waals surface area contributed by atoms with Crippen molar-refractivity contribution < 1.29 is 14.3 Å². The minimum Gasteiger partial charge on any atom is -0.497 e. The van der Waals surface area contributed by atoms with Gasteiger partial charge in [0.25, 0.3) is 11.1 Å². The molecule has 6 nitrogen and oxygen atoms in total. The van der Waals surface area contributed by atoms with Crippen molar-refractivity contribution in [2.45, 2.75) is 59.4 Å². The van der Waals surface area contributed by atoms with Gasteiger partial charge in [-0.1, -0.05) is 39.0 Å². The molecule has 2 fully saturated rings. The highest BCUT2D eigenvalue weighted by molar-refractivity contribution is 7.07. The van der Waals surface area contributed by atoms with Crippen LogP contribution in [0.1, 0.15) is 67.3 Å². The second kappa shape index (κ2) is 8.94. The monoisotopic (exact) mass is 491 g/mol. The number of carbonyl (C=O) groups is 1. The third-order valence-corrected chi connectivity index (χ3v) is 7.89. The van der Waals surface area contributed by atoms with Gasteiger partial charge in [0.05, 0.1) is 7.11 Å². The van der Waals surface area contributed by atoms with Crippen LogP contribution in [0.3, 0.4) is 0 Å². The lowest BCUT2D eigenvalue weighted by atomic mass is 9.65. The maximum atomic E-state index is 13.6. The van der Waals surface area contributed by atoms with Gasteiger partial charge in [0.15, 0.2) is 5.82 Å². The first-order valence-electron chi connectivity index (χ1n) is 12.2. The average molecular weight is 492 g/mol. The van der Waals surface area contributed by atoms with Crippen molar-refractivity contribution >= 4 is 17.4 Å². The molecule has 1 saturated heterocycles. The molecule has 2 atom stereocenters. The van der Waals surface area contributed by atoms with E-state index in [9.17, 15) is 4.79 Å². The Morgan fingerprint density at radius 3 is 2.80 bits per heavy atom. The zero-order valence-corrected chi connectivity index (χ0v) is 21.9. The molecule has 184 valence electrons. The van der Waals surface area contributed by atoms with E-state index in [0.29, 0.717) is 34.8 Å². The number of nitrogens with zero attached hydrogens (tertiary/aromatic N) is 3. The molecular weight excluding hydrogens is 458 g/mol. The van der Waals surface area contributed by atoms with Crippen LogP contribution >= 0.6 is 11.5 Å². The molecule has 2 unspecified atom stereocenters. The van der Waals surface area contributed by atoms with Gasteiger partial charge in [0, 0.05) is 36.1 Å². The van der Waals surface area contributed by atoms with Crippen molar-refractivity contribution in [3.8, 4) is 16.7 Å². The summed E-state index contributed by atoms with van der Waals surface area (Å²) in [5.74, 6) is 2.25. The maximum Gasteiger partial charge on any atom is 0.298 e. The summed E-state index contributed by atoms with van der Waals surface area (Å²) >= 11 is 1.22. The first-order chi connectivity index (χ1) is 16.6. The first kappa shape index (κ1) is 23.8. The van der Waals surface area contributed by atoms with Gasteiger partial charge < -0.3 is 14.4 Å². The highest BCUT2D eigenvalue weighted by Gasteiger charge is 2.51. The fraction of sp³-hybridized carbons (Fsp3) is 0.464. The fourth-order valence-electron chi connectivity index (χ4n) is 6.12. The highest BCUT2D eigenvalue weighted by atomic mass is 32.1. The van der Waals surface area contributed by atoms with Gasteiger partial charge in [0.2, 0.25) is 0 Å². The molecule has 3 aromatic rings. The van der Waals surface area contributed by atoms with Crippen molar-refractivity contribution in [1.29, 1.82) is 0 Å². The largest absolute Gasteiger partial charge is 0.497 e. The normalized spacial score (nSPS) is 22.8. The Hall–Kier alpha value is -2.93. The number of aryl methyl sites for hydroxylation is 1. The molecule has 1 saturated carbocycles. The summed E-state index contributed by atoms with van der Waals surface area (Å²) in [7, 11) is 1.66. The van der Waals surface area contributed by atoms with Crippen LogP contribution in [0.4, 0.5) is 0 Å². The molecule has 7 heteroatoms. The van der Waals surface area contributed by atoms with E-state index in [1.54, 1.807) is 7.11 Å². The summed E-state index contributed by atoms with van der Waals surface area (Å²) in [5.41, 5.74) is 3.18. The predicted octanol–water partition coefficient (Wildman–Crippen LogP) is 6.28. The number of hydrogen-bond acceptors (Lipinski definition) is 6. The van der Waals surface area contributed by atoms with Gasteiger partial charge >= 0.3 is 0 Å². The Balaban J connectivity index is 1.31. The van der Waals surface area contributed by atoms with Crippen LogP contribution in [0, 0.1) is 17.8 Å². The number of likely N-dealkylation sites (tertiary alicyclic amines) is 1. The molecule has 35 heavy (non-hydrogen) atoms. The van der Waals surface area contributed by atoms with E-state index in [2.05, 4.69) is 35.0 Å². The number of hydrogen-bond donors (Lipinski definition) is 0. The molecule has 2 bridgehead atoms. The van der Waals surface area contributed by atoms with Crippen molar-refractivity contribution in [1.82, 2.24) is 14.3 Å². The Labute approximate surface area is 211 Å². The number of methoxy groups -OCH3 is 1. The minimum atomic E-state index is 0.0947. The van der Waals surface area contributed by atoms with Gasteiger partial charge in [-0.25, -0.2) is 0 Å². The molecule has 2 heterocycles. The van der Waals surface area contributed by atoms with Gasteiger partial charge in [0.1, 0.15) is 11.5 Å². The van der Waals surface area contributed by atoms with E-state index in [1.807, 2.05) is 49.4 Å². The summed E-state index contributed by atoms with van der Waals surface area (Å²) in [6.45, 7) is 9.79. The lowest BCUT2D eigenvalue weighted by Crippen LogP contribution is -2.37. The van der Waals surface area contributed by atoms with Crippen molar-refractivity contribution in [2.24, 2.45) is 10.8 Å². The number of fused-ring (bicyclic) bond motifs is 2. The molecule has 5 rings (SSSR count). The Morgan fingerprint density at radius 2 is 2.00 bits per heavy atom. The third kappa shape index (κ3) is 5.06. The van der Waals surface area contributed by atoms with E-state index in [0.717, 1.165) is 42.7 Å². The molecule has 0 N–H and O–H groups in total. The summed E-state index contributed by atoms with van der Waals surface area (Å²) in [6, 6.07) is 13.9. The van der Waals surface area contributed by atoms with Crippen molar-refractivity contribution in [2.75, 3.05) is 13.7 Å². The minimum absolute atomic E-state index is 0.0947. The van der Waals surface area contributed by atoms with Crippen LogP contribution in [0.2, 0.25) is 0 Å². The van der Waals surface area contributed by atoms with Gasteiger partial charge in [-0.15, -0.1) is 0 Å². The summed E-state index contributed by atoms with van der Waals surface area (Å²) in [6.07, 6.45) is 3.92. The molecule has 1 aliphatic heterocycles. The smallest absolute Gasteiger partial charge is 0.298 e. The van der Waals surface area contributed by atoms with E-state index < -0.39 is 0 Å². The average Bonchev–Trinajstić information content (AvgIpc) is 3.34. The zero-order chi connectivity index (χ0) is 24.8. The van der Waals surface area contributed by atoms with E-state index >= 15 is 0 Å². The third-order valence-electron chi connectivity index (χ3n) is 7.25. The number of carbonyl (C=O) groups excluding carboxylic acids is 1. The maximum absolute atomic E-state index is 13.6. The van der Waals surface area contributed by atoms with Crippen molar-refractivity contribution in [3.05, 3.63) is 65.0 Å². The summed E-state index contributed by atoms with van der Waals surface area (Å²) < 4.78 is 15.9. The molecule has 0 radical (unpaired) electrons. The second-order valence-corrected chi connectivity index (χ2v) is 11.9. The van der Waals surface area contributed by atoms with Crippen LogP contribution in [0.5, 0.6) is 16.7 Å². The molecule has 1 amide bonds. The van der Waals surface area contributed by atoms with Gasteiger partial charge in [-0.3, -0.25) is 4.79 Å². The Bertz CT molecular complexity index is 1250. The standard InChI is InChI=1S/C28H33N3O3S/c1-18-9-10-20(25(32)31-17-28(4)15-21(31)14-27(2,3)16-28)13-23(18)34-26-29-24(30-35-26)12-19-7-6-8-22(11-19)33-5/h6-11,13,21H,12,14-17H2,1-5H3. The predicted molar refractivity (Wildman–Crippen MR) is 138 cm³/mol. The lowest BCUT2D eigenvalue weighted by Gasteiger charge is -2.39. The van der Waals surface area contributed by atoms with Crippen LogP contribution in [0.15, 0.2) is 42.5 Å². The summed E-state index contributed by atoms with van der Waals surface area (Å²) in [4.78, 5) is 20.2. The van der Waals surface area contributed by atoms with Crippen LogP contribution in [-0.2, 0) is 6.42 Å². The number of aromatic nitrogens is 2. The SMILES string of the molecule is COc1cccc(Cc2nsc(Oc3cc(C(=O)N4CC5(C)CC4CC(C)(C)C5)ccc3C)n2)c1. The zero-order valence-electron chi connectivity index (χ0n) is 21.1. The van der Waals surface area contributed by atoms with Crippen LogP contribution < -0.4 is 9.47 Å². The quantitative estimate of drug-likeness (QED) is 0.406.